The zero-order chi connectivity index (χ0) is 29.7. The standard InChI is InChI=1S/C34H42N4O3/c1-22-17-30(39)23(2)16-27(22)14-15-35-33(41)28-9-7-8-26(18-28)19-34(5,6)37-21-31(40)29-12-13-32(36-20-29)38-24(3)10-11-25(38)4/h7-13,16-18,20,31,37,39-40H,14-15,19,21H2,1-6H3,(H,35,41)/t31-/m0/s1. The number of carbonyl (C=O) groups is 1. The number of nitrogens with zero attached hydrogens (tertiary/aromatic N) is 2. The SMILES string of the molecule is Cc1cc(CCNC(=O)c2cccc(CC(C)(C)NC[C@H](O)c3ccc(-n4c(C)ccc4C)nc3)c2)c(C)cc1O. The van der Waals surface area contributed by atoms with Crippen LogP contribution in [0.2, 0.25) is 0 Å². The van der Waals surface area contributed by atoms with Crippen LogP contribution in [0, 0.1) is 27.7 Å². The zero-order valence-electron chi connectivity index (χ0n) is 25.0. The fourth-order valence-electron chi connectivity index (χ4n) is 5.19. The minimum Gasteiger partial charge on any atom is -0.508 e. The van der Waals surface area contributed by atoms with Crippen LogP contribution in [0.1, 0.15) is 69.5 Å². The van der Waals surface area contributed by atoms with Crippen molar-refractivity contribution in [1.29, 1.82) is 0 Å². The van der Waals surface area contributed by atoms with Gasteiger partial charge in [0.05, 0.1) is 6.10 Å². The molecular weight excluding hydrogens is 512 g/mol. The van der Waals surface area contributed by atoms with Gasteiger partial charge in [0.1, 0.15) is 11.6 Å². The van der Waals surface area contributed by atoms with Crippen LogP contribution in [-0.4, -0.2) is 44.3 Å². The van der Waals surface area contributed by atoms with Crippen LogP contribution in [0.25, 0.3) is 5.82 Å². The Morgan fingerprint density at radius 3 is 2.39 bits per heavy atom. The average Bonchev–Trinajstić information content (AvgIpc) is 3.27. The Hall–Kier alpha value is -3.94. The Morgan fingerprint density at radius 2 is 1.71 bits per heavy atom. The number of hydrogen-bond acceptors (Lipinski definition) is 5. The summed E-state index contributed by atoms with van der Waals surface area (Å²) >= 11 is 0. The number of aromatic nitrogens is 2. The van der Waals surface area contributed by atoms with E-state index in [-0.39, 0.29) is 11.4 Å². The number of hydrogen-bond donors (Lipinski definition) is 4. The van der Waals surface area contributed by atoms with Gasteiger partial charge in [-0.3, -0.25) is 4.79 Å². The summed E-state index contributed by atoms with van der Waals surface area (Å²) in [6, 6.07) is 19.4. The van der Waals surface area contributed by atoms with Crippen molar-refractivity contribution in [2.45, 2.75) is 66.0 Å². The van der Waals surface area contributed by atoms with Gasteiger partial charge in [0.25, 0.3) is 5.91 Å². The molecule has 0 saturated heterocycles. The van der Waals surface area contributed by atoms with E-state index in [1.807, 2.05) is 70.2 Å². The molecular formula is C34H42N4O3. The van der Waals surface area contributed by atoms with Crippen molar-refractivity contribution in [2.75, 3.05) is 13.1 Å². The predicted octanol–water partition coefficient (Wildman–Crippen LogP) is 5.43. The molecule has 1 amide bonds. The molecule has 0 aliphatic rings. The molecule has 2 aromatic heterocycles. The summed E-state index contributed by atoms with van der Waals surface area (Å²) in [5.74, 6) is 1.02. The fraction of sp³-hybridized carbons (Fsp3) is 0.353. The first-order valence-corrected chi connectivity index (χ1v) is 14.1. The van der Waals surface area contributed by atoms with Crippen molar-refractivity contribution in [3.05, 3.63) is 112 Å². The highest BCUT2D eigenvalue weighted by Crippen LogP contribution is 2.22. The van der Waals surface area contributed by atoms with E-state index >= 15 is 0 Å². The maximum Gasteiger partial charge on any atom is 0.251 e. The predicted molar refractivity (Wildman–Crippen MR) is 164 cm³/mol. The van der Waals surface area contributed by atoms with Crippen LogP contribution < -0.4 is 10.6 Å². The zero-order valence-corrected chi connectivity index (χ0v) is 25.0. The maximum absolute atomic E-state index is 12.9. The second-order valence-electron chi connectivity index (χ2n) is 11.6. The highest BCUT2D eigenvalue weighted by molar-refractivity contribution is 5.94. The third-order valence-electron chi connectivity index (χ3n) is 7.60. The molecule has 0 saturated carbocycles. The first-order chi connectivity index (χ1) is 19.4. The minimum atomic E-state index is -0.694. The van der Waals surface area contributed by atoms with E-state index in [2.05, 4.69) is 46.2 Å². The molecule has 4 N–H and O–H groups in total. The lowest BCUT2D eigenvalue weighted by molar-refractivity contribution is 0.0954. The molecule has 4 rings (SSSR count). The molecule has 0 unspecified atom stereocenters. The number of nitrogens with one attached hydrogen (secondary N) is 2. The third kappa shape index (κ3) is 7.63. The molecule has 1 atom stereocenters. The molecule has 0 fully saturated rings. The number of rotatable bonds is 11. The molecule has 0 aliphatic heterocycles. The topological polar surface area (TPSA) is 99.4 Å². The second-order valence-corrected chi connectivity index (χ2v) is 11.6. The van der Waals surface area contributed by atoms with Gasteiger partial charge in [-0.1, -0.05) is 24.3 Å². The first-order valence-electron chi connectivity index (χ1n) is 14.1. The van der Waals surface area contributed by atoms with Gasteiger partial charge in [-0.2, -0.15) is 0 Å². The van der Waals surface area contributed by atoms with Crippen LogP contribution in [-0.2, 0) is 12.8 Å². The lowest BCUT2D eigenvalue weighted by Gasteiger charge is -2.28. The van der Waals surface area contributed by atoms with Crippen molar-refractivity contribution in [1.82, 2.24) is 20.2 Å². The summed E-state index contributed by atoms with van der Waals surface area (Å²) in [6.07, 6.45) is 2.43. The van der Waals surface area contributed by atoms with Crippen LogP contribution >= 0.6 is 0 Å². The van der Waals surface area contributed by atoms with Crippen LogP contribution in [0.15, 0.2) is 66.9 Å². The van der Waals surface area contributed by atoms with Crippen molar-refractivity contribution >= 4 is 5.91 Å². The number of amides is 1. The second kappa shape index (κ2) is 12.7. The van der Waals surface area contributed by atoms with Gasteiger partial charge in [-0.25, -0.2) is 4.98 Å². The van der Waals surface area contributed by atoms with E-state index in [1.165, 1.54) is 0 Å². The first kappa shape index (κ1) is 30.0. The van der Waals surface area contributed by atoms with Crippen molar-refractivity contribution < 1.29 is 15.0 Å². The summed E-state index contributed by atoms with van der Waals surface area (Å²) in [5.41, 5.74) is 7.31. The number of aryl methyl sites for hydroxylation is 4. The number of carbonyl (C=O) groups excluding carboxylic acids is 1. The van der Waals surface area contributed by atoms with Gasteiger partial charge >= 0.3 is 0 Å². The summed E-state index contributed by atoms with van der Waals surface area (Å²) in [5, 5.41) is 27.2. The van der Waals surface area contributed by atoms with E-state index in [1.54, 1.807) is 12.3 Å². The van der Waals surface area contributed by atoms with Gasteiger partial charge in [-0.15, -0.1) is 0 Å². The van der Waals surface area contributed by atoms with Gasteiger partial charge in [0, 0.05) is 47.3 Å². The molecule has 7 heteroatoms. The third-order valence-corrected chi connectivity index (χ3v) is 7.60. The van der Waals surface area contributed by atoms with Gasteiger partial charge in [-0.05, 0) is 113 Å². The number of aromatic hydroxyl groups is 1. The fourth-order valence-corrected chi connectivity index (χ4v) is 5.19. The Balaban J connectivity index is 1.30. The summed E-state index contributed by atoms with van der Waals surface area (Å²) in [6.45, 7) is 13.0. The van der Waals surface area contributed by atoms with E-state index in [4.69, 9.17) is 0 Å². The van der Waals surface area contributed by atoms with E-state index < -0.39 is 6.10 Å². The molecule has 2 aromatic carbocycles. The van der Waals surface area contributed by atoms with Gasteiger partial charge in [0.2, 0.25) is 0 Å². The van der Waals surface area contributed by atoms with Crippen LogP contribution in [0.5, 0.6) is 5.75 Å². The summed E-state index contributed by atoms with van der Waals surface area (Å²) in [4.78, 5) is 17.4. The van der Waals surface area contributed by atoms with Gasteiger partial charge < -0.3 is 25.4 Å². The number of phenolic OH excluding ortho intramolecular Hbond substituents is 1. The minimum absolute atomic E-state index is 0.109. The number of pyridine rings is 1. The Labute approximate surface area is 243 Å². The van der Waals surface area contributed by atoms with Crippen molar-refractivity contribution in [3.8, 4) is 11.6 Å². The van der Waals surface area contributed by atoms with E-state index in [0.717, 1.165) is 45.0 Å². The average molecular weight is 555 g/mol. The van der Waals surface area contributed by atoms with E-state index in [0.29, 0.717) is 37.2 Å². The van der Waals surface area contributed by atoms with Crippen LogP contribution in [0.3, 0.4) is 0 Å². The number of benzene rings is 2. The maximum atomic E-state index is 12.9. The normalized spacial score (nSPS) is 12.4. The van der Waals surface area contributed by atoms with E-state index in [9.17, 15) is 15.0 Å². The highest BCUT2D eigenvalue weighted by Gasteiger charge is 2.21. The number of aliphatic hydroxyl groups excluding tert-OH is 1. The highest BCUT2D eigenvalue weighted by atomic mass is 16.3. The Bertz CT molecular complexity index is 1490. The Kier molecular flexibility index (Phi) is 9.31. The van der Waals surface area contributed by atoms with Gasteiger partial charge in [0.15, 0.2) is 0 Å². The monoisotopic (exact) mass is 554 g/mol. The largest absolute Gasteiger partial charge is 0.508 e. The lowest BCUT2D eigenvalue weighted by atomic mass is 9.93. The van der Waals surface area contributed by atoms with Crippen LogP contribution in [0.4, 0.5) is 0 Å². The number of aliphatic hydroxyl groups is 1. The summed E-state index contributed by atoms with van der Waals surface area (Å²) < 4.78 is 2.09. The molecule has 7 nitrogen and oxygen atoms in total. The molecule has 4 aromatic rings. The molecule has 2 heterocycles. The van der Waals surface area contributed by atoms with Crippen molar-refractivity contribution in [2.24, 2.45) is 0 Å². The molecule has 216 valence electrons. The lowest BCUT2D eigenvalue weighted by Crippen LogP contribution is -2.43. The molecule has 0 radical (unpaired) electrons. The number of β-amino-alcohol motifs (C(OH)–C–C–N with tert-alkyl or cyclic N) is 1. The van der Waals surface area contributed by atoms with Crippen molar-refractivity contribution in [3.63, 3.8) is 0 Å². The molecule has 41 heavy (non-hydrogen) atoms. The molecule has 0 bridgehead atoms. The Morgan fingerprint density at radius 1 is 0.976 bits per heavy atom. The molecule has 0 spiro atoms. The number of phenols is 1. The molecule has 0 aliphatic carbocycles. The summed E-state index contributed by atoms with van der Waals surface area (Å²) in [7, 11) is 0. The smallest absolute Gasteiger partial charge is 0.251 e. The quantitative estimate of drug-likeness (QED) is 0.198.